The fraction of sp³-hybridized carbons (Fsp3) is 0.368. The Morgan fingerprint density at radius 3 is 2.23 bits per heavy atom. The van der Waals surface area contributed by atoms with Crippen LogP contribution in [0.4, 0.5) is 17.6 Å². The van der Waals surface area contributed by atoms with Gasteiger partial charge in [0.2, 0.25) is 0 Å². The van der Waals surface area contributed by atoms with E-state index in [1.807, 2.05) is 0 Å². The monoisotopic (exact) mass is 369 g/mol. The Labute approximate surface area is 148 Å². The lowest BCUT2D eigenvalue weighted by Crippen LogP contribution is -2.30. The summed E-state index contributed by atoms with van der Waals surface area (Å²) >= 11 is 0. The zero-order valence-electron chi connectivity index (χ0n) is 14.0. The van der Waals surface area contributed by atoms with E-state index in [1.54, 1.807) is 12.1 Å². The first-order valence-electron chi connectivity index (χ1n) is 8.40. The second-order valence-corrected chi connectivity index (χ2v) is 6.22. The third-order valence-corrected chi connectivity index (χ3v) is 4.28. The molecule has 0 saturated carbocycles. The van der Waals surface area contributed by atoms with Gasteiger partial charge >= 0.3 is 6.36 Å². The van der Waals surface area contributed by atoms with E-state index in [1.165, 1.54) is 30.3 Å². The van der Waals surface area contributed by atoms with E-state index in [9.17, 15) is 17.6 Å². The van der Waals surface area contributed by atoms with Crippen molar-refractivity contribution in [1.82, 2.24) is 5.32 Å². The lowest BCUT2D eigenvalue weighted by Gasteiger charge is -2.23. The molecule has 2 aromatic carbocycles. The summed E-state index contributed by atoms with van der Waals surface area (Å²) in [6.45, 7) is 2.06. The molecule has 0 radical (unpaired) electrons. The number of hydrogen-bond donors (Lipinski definition) is 1. The van der Waals surface area contributed by atoms with Gasteiger partial charge in [-0.3, -0.25) is 0 Å². The highest BCUT2D eigenvalue weighted by Gasteiger charge is 2.32. The molecule has 1 aliphatic heterocycles. The van der Waals surface area contributed by atoms with Crippen LogP contribution in [0.25, 0.3) is 11.1 Å². The van der Waals surface area contributed by atoms with Gasteiger partial charge in [0.15, 0.2) is 11.5 Å². The van der Waals surface area contributed by atoms with Gasteiger partial charge in [-0.2, -0.15) is 0 Å². The average molecular weight is 369 g/mol. The predicted octanol–water partition coefficient (Wildman–Crippen LogP) is 4.77. The highest BCUT2D eigenvalue weighted by Crippen LogP contribution is 2.36. The highest BCUT2D eigenvalue weighted by atomic mass is 19.4. The van der Waals surface area contributed by atoms with Gasteiger partial charge in [0, 0.05) is 0 Å². The molecule has 0 aromatic heterocycles. The van der Waals surface area contributed by atoms with Crippen molar-refractivity contribution >= 4 is 0 Å². The summed E-state index contributed by atoms with van der Waals surface area (Å²) in [5.74, 6) is -0.447. The molecule has 7 heteroatoms. The summed E-state index contributed by atoms with van der Waals surface area (Å²) < 4.78 is 60.8. The number of piperidine rings is 1. The molecule has 2 aromatic rings. The quantitative estimate of drug-likeness (QED) is 0.770. The third-order valence-electron chi connectivity index (χ3n) is 4.28. The maximum atomic E-state index is 13.1. The van der Waals surface area contributed by atoms with Crippen LogP contribution in [0.1, 0.15) is 12.8 Å². The Balaban J connectivity index is 1.83. The van der Waals surface area contributed by atoms with Crippen molar-refractivity contribution in [2.75, 3.05) is 19.7 Å². The molecule has 1 heterocycles. The van der Waals surface area contributed by atoms with Gasteiger partial charge in [0.1, 0.15) is 5.82 Å². The van der Waals surface area contributed by atoms with E-state index in [0.29, 0.717) is 17.7 Å². The van der Waals surface area contributed by atoms with Crippen LogP contribution in [0.3, 0.4) is 0 Å². The van der Waals surface area contributed by atoms with Gasteiger partial charge in [-0.15, -0.1) is 13.2 Å². The number of halogens is 4. The second kappa shape index (κ2) is 7.95. The van der Waals surface area contributed by atoms with Gasteiger partial charge in [-0.1, -0.05) is 18.2 Å². The molecule has 1 N–H and O–H groups in total. The number of hydrogen-bond acceptors (Lipinski definition) is 3. The van der Waals surface area contributed by atoms with Crippen LogP contribution in [-0.4, -0.2) is 26.1 Å². The Kier molecular flexibility index (Phi) is 5.66. The van der Waals surface area contributed by atoms with Crippen LogP contribution in [0, 0.1) is 11.7 Å². The van der Waals surface area contributed by atoms with E-state index < -0.39 is 6.36 Å². The van der Waals surface area contributed by atoms with Crippen molar-refractivity contribution in [2.24, 2.45) is 5.92 Å². The minimum atomic E-state index is -4.80. The van der Waals surface area contributed by atoms with Crippen LogP contribution in [0.15, 0.2) is 42.5 Å². The second-order valence-electron chi connectivity index (χ2n) is 6.22. The molecule has 3 rings (SSSR count). The Hall–Kier alpha value is -2.28. The smallest absolute Gasteiger partial charge is 0.489 e. The molecular weight excluding hydrogens is 350 g/mol. The lowest BCUT2D eigenvalue weighted by molar-refractivity contribution is -0.275. The van der Waals surface area contributed by atoms with Gasteiger partial charge in [-0.05, 0) is 67.2 Å². The first-order chi connectivity index (χ1) is 12.4. The number of ether oxygens (including phenoxy) is 2. The van der Waals surface area contributed by atoms with Gasteiger partial charge < -0.3 is 14.8 Å². The number of nitrogens with one attached hydrogen (secondary N) is 1. The lowest BCUT2D eigenvalue weighted by atomic mass is 9.99. The van der Waals surface area contributed by atoms with E-state index in [2.05, 4.69) is 10.1 Å². The number of rotatable bonds is 5. The van der Waals surface area contributed by atoms with E-state index in [4.69, 9.17) is 4.74 Å². The molecule has 140 valence electrons. The minimum Gasteiger partial charge on any atom is -0.489 e. The Morgan fingerprint density at radius 2 is 1.58 bits per heavy atom. The molecule has 26 heavy (non-hydrogen) atoms. The van der Waals surface area contributed by atoms with Crippen molar-refractivity contribution in [3.63, 3.8) is 0 Å². The van der Waals surface area contributed by atoms with Crippen LogP contribution >= 0.6 is 0 Å². The van der Waals surface area contributed by atoms with Crippen molar-refractivity contribution < 1.29 is 27.0 Å². The zero-order valence-corrected chi connectivity index (χ0v) is 14.0. The largest absolute Gasteiger partial charge is 0.573 e. The van der Waals surface area contributed by atoms with Gasteiger partial charge in [0.25, 0.3) is 0 Å². The first kappa shape index (κ1) is 18.5. The number of alkyl halides is 3. The molecule has 0 aliphatic carbocycles. The minimum absolute atomic E-state index is 0.0303. The van der Waals surface area contributed by atoms with Crippen LogP contribution in [0.2, 0.25) is 0 Å². The molecule has 0 bridgehead atoms. The summed E-state index contributed by atoms with van der Waals surface area (Å²) in [5, 5.41) is 3.23. The van der Waals surface area contributed by atoms with Crippen LogP contribution < -0.4 is 14.8 Å². The average Bonchev–Trinajstić information content (AvgIpc) is 2.61. The van der Waals surface area contributed by atoms with Gasteiger partial charge in [0.05, 0.1) is 6.61 Å². The molecule has 0 spiro atoms. The van der Waals surface area contributed by atoms with Crippen molar-refractivity contribution in [3.8, 4) is 22.6 Å². The fourth-order valence-corrected chi connectivity index (χ4v) is 2.91. The summed E-state index contributed by atoms with van der Waals surface area (Å²) in [5.41, 5.74) is 1.30. The summed E-state index contributed by atoms with van der Waals surface area (Å²) in [7, 11) is 0. The molecule has 0 atom stereocenters. The molecule has 0 unspecified atom stereocenters. The fourth-order valence-electron chi connectivity index (χ4n) is 2.91. The molecule has 1 saturated heterocycles. The van der Waals surface area contributed by atoms with E-state index in [0.717, 1.165) is 25.9 Å². The molecule has 1 aliphatic rings. The molecule has 0 amide bonds. The molecule has 3 nitrogen and oxygen atoms in total. The number of benzene rings is 2. The maximum Gasteiger partial charge on any atom is 0.573 e. The van der Waals surface area contributed by atoms with Crippen molar-refractivity contribution in [2.45, 2.75) is 19.2 Å². The van der Waals surface area contributed by atoms with Gasteiger partial charge in [-0.25, -0.2) is 4.39 Å². The van der Waals surface area contributed by atoms with E-state index >= 15 is 0 Å². The standard InChI is InChI=1S/C19H19F4NO2/c20-16-4-1-14(2-5-16)15-3-6-17(26-19(21,22)23)18(11-15)25-12-13-7-9-24-10-8-13/h1-6,11,13,24H,7-10,12H2. The van der Waals surface area contributed by atoms with Crippen LogP contribution in [0.5, 0.6) is 11.5 Å². The zero-order chi connectivity index (χ0) is 18.6. The van der Waals surface area contributed by atoms with Crippen molar-refractivity contribution in [1.29, 1.82) is 0 Å². The summed E-state index contributed by atoms with van der Waals surface area (Å²) in [4.78, 5) is 0. The molecular formula is C19H19F4NO2. The Bertz CT molecular complexity index is 725. The van der Waals surface area contributed by atoms with Crippen molar-refractivity contribution in [3.05, 3.63) is 48.3 Å². The predicted molar refractivity (Wildman–Crippen MR) is 89.6 cm³/mol. The van der Waals surface area contributed by atoms with E-state index in [-0.39, 0.29) is 23.2 Å². The topological polar surface area (TPSA) is 30.5 Å². The summed E-state index contributed by atoms with van der Waals surface area (Å²) in [6.07, 6.45) is -2.98. The molecule has 1 fully saturated rings. The Morgan fingerprint density at radius 1 is 0.923 bits per heavy atom. The summed E-state index contributed by atoms with van der Waals surface area (Å²) in [6, 6.07) is 9.93. The first-order valence-corrected chi connectivity index (χ1v) is 8.40. The highest BCUT2D eigenvalue weighted by molar-refractivity contribution is 5.67. The maximum absolute atomic E-state index is 13.1. The van der Waals surface area contributed by atoms with Crippen LogP contribution in [-0.2, 0) is 0 Å². The SMILES string of the molecule is Fc1ccc(-c2ccc(OC(F)(F)F)c(OCC3CCNCC3)c2)cc1. The normalized spacial score (nSPS) is 15.7. The third kappa shape index (κ3) is 5.11.